The molecule has 1 aliphatic carbocycles. The summed E-state index contributed by atoms with van der Waals surface area (Å²) in [6, 6.07) is 3.67. The summed E-state index contributed by atoms with van der Waals surface area (Å²) in [6.45, 7) is 3.98. The van der Waals surface area contributed by atoms with E-state index in [9.17, 15) is 0 Å². The van der Waals surface area contributed by atoms with E-state index in [0.29, 0.717) is 10.8 Å². The first-order valence-electron chi connectivity index (χ1n) is 6.30. The molecule has 3 nitrogen and oxygen atoms in total. The molecule has 0 amide bonds. The average molecular weight is 270 g/mol. The molecular formula is C14H20ClNO2. The van der Waals surface area contributed by atoms with Gasteiger partial charge in [-0.2, -0.15) is 0 Å². The summed E-state index contributed by atoms with van der Waals surface area (Å²) in [5.74, 6) is 1.39. The molecule has 0 radical (unpaired) electrons. The van der Waals surface area contributed by atoms with Gasteiger partial charge in [0.05, 0.1) is 13.2 Å². The Hall–Kier alpha value is -0.930. The molecule has 2 rings (SSSR count). The van der Waals surface area contributed by atoms with Gasteiger partial charge in [-0.05, 0) is 39.2 Å². The lowest BCUT2D eigenvalue weighted by Gasteiger charge is -2.40. The van der Waals surface area contributed by atoms with Crippen LogP contribution in [-0.2, 0) is 5.54 Å². The Bertz CT molecular complexity index is 442. The van der Waals surface area contributed by atoms with Gasteiger partial charge >= 0.3 is 0 Å². The number of methoxy groups -OCH3 is 1. The first kappa shape index (κ1) is 13.5. The molecule has 4 heteroatoms. The lowest BCUT2D eigenvalue weighted by molar-refractivity contribution is 0.201. The highest BCUT2D eigenvalue weighted by Crippen LogP contribution is 2.47. The number of ether oxygens (including phenoxy) is 2. The van der Waals surface area contributed by atoms with E-state index < -0.39 is 0 Å². The predicted octanol–water partition coefficient (Wildman–Crippen LogP) is 3.47. The molecular weight excluding hydrogens is 250 g/mol. The monoisotopic (exact) mass is 269 g/mol. The van der Waals surface area contributed by atoms with Gasteiger partial charge in [-0.15, -0.1) is 0 Å². The van der Waals surface area contributed by atoms with E-state index in [1.54, 1.807) is 13.2 Å². The average Bonchev–Trinajstić information content (AvgIpc) is 2.27. The van der Waals surface area contributed by atoms with E-state index >= 15 is 0 Å². The minimum atomic E-state index is -0.317. The van der Waals surface area contributed by atoms with E-state index in [2.05, 4.69) is 0 Å². The molecule has 0 saturated heterocycles. The molecule has 100 valence electrons. The van der Waals surface area contributed by atoms with Gasteiger partial charge in [0.2, 0.25) is 0 Å². The van der Waals surface area contributed by atoms with Crippen LogP contribution in [0.1, 0.15) is 38.7 Å². The fraction of sp³-hybridized carbons (Fsp3) is 0.571. The second-order valence-corrected chi connectivity index (χ2v) is 5.60. The highest BCUT2D eigenvalue weighted by atomic mass is 35.5. The van der Waals surface area contributed by atoms with Crippen molar-refractivity contribution in [3.8, 4) is 11.5 Å². The smallest absolute Gasteiger partial charge is 0.166 e. The minimum absolute atomic E-state index is 0.0718. The molecule has 18 heavy (non-hydrogen) atoms. The number of halogens is 1. The number of hydrogen-bond donors (Lipinski definition) is 1. The Labute approximate surface area is 113 Å². The third-order valence-corrected chi connectivity index (χ3v) is 3.59. The quantitative estimate of drug-likeness (QED) is 0.910. The van der Waals surface area contributed by atoms with Crippen LogP contribution in [0.2, 0.25) is 5.02 Å². The molecule has 0 spiro atoms. The van der Waals surface area contributed by atoms with E-state index in [-0.39, 0.29) is 11.6 Å². The molecule has 0 unspecified atom stereocenters. The Morgan fingerprint density at radius 1 is 1.33 bits per heavy atom. The van der Waals surface area contributed by atoms with Crippen LogP contribution in [0.5, 0.6) is 11.5 Å². The van der Waals surface area contributed by atoms with Crippen molar-refractivity contribution in [3.05, 3.63) is 22.7 Å². The lowest BCUT2D eigenvalue weighted by atomic mass is 9.72. The fourth-order valence-corrected chi connectivity index (χ4v) is 2.48. The standard InChI is InChI=1S/C14H20ClNO2/c1-9(2)18-13-11(14(16)5-4-6-14)7-10(15)8-12(13)17-3/h7-9H,4-6,16H2,1-3H3. The van der Waals surface area contributed by atoms with Crippen molar-refractivity contribution in [2.24, 2.45) is 5.73 Å². The van der Waals surface area contributed by atoms with Crippen LogP contribution in [0.25, 0.3) is 0 Å². The topological polar surface area (TPSA) is 44.5 Å². The number of benzene rings is 1. The molecule has 2 N–H and O–H groups in total. The summed E-state index contributed by atoms with van der Waals surface area (Å²) in [4.78, 5) is 0. The van der Waals surface area contributed by atoms with Gasteiger partial charge in [0.15, 0.2) is 11.5 Å². The van der Waals surface area contributed by atoms with Crippen LogP contribution >= 0.6 is 11.6 Å². The minimum Gasteiger partial charge on any atom is -0.493 e. The molecule has 1 aromatic carbocycles. The van der Waals surface area contributed by atoms with E-state index in [0.717, 1.165) is 30.6 Å². The fourth-order valence-electron chi connectivity index (χ4n) is 2.27. The zero-order valence-corrected chi connectivity index (χ0v) is 11.9. The Morgan fingerprint density at radius 2 is 2.00 bits per heavy atom. The van der Waals surface area contributed by atoms with Crippen molar-refractivity contribution in [1.29, 1.82) is 0 Å². The van der Waals surface area contributed by atoms with Crippen molar-refractivity contribution in [1.82, 2.24) is 0 Å². The van der Waals surface area contributed by atoms with Crippen molar-refractivity contribution >= 4 is 11.6 Å². The zero-order chi connectivity index (χ0) is 13.3. The zero-order valence-electron chi connectivity index (χ0n) is 11.1. The molecule has 0 aromatic heterocycles. The van der Waals surface area contributed by atoms with E-state index in [4.69, 9.17) is 26.8 Å². The van der Waals surface area contributed by atoms with Crippen LogP contribution < -0.4 is 15.2 Å². The second-order valence-electron chi connectivity index (χ2n) is 5.16. The highest BCUT2D eigenvalue weighted by Gasteiger charge is 2.38. The summed E-state index contributed by atoms with van der Waals surface area (Å²) in [7, 11) is 1.62. The van der Waals surface area contributed by atoms with Crippen molar-refractivity contribution in [2.75, 3.05) is 7.11 Å². The summed E-state index contributed by atoms with van der Waals surface area (Å²) < 4.78 is 11.2. The Morgan fingerprint density at radius 3 is 2.44 bits per heavy atom. The summed E-state index contributed by atoms with van der Waals surface area (Å²) >= 11 is 6.13. The largest absolute Gasteiger partial charge is 0.493 e. The summed E-state index contributed by atoms with van der Waals surface area (Å²) in [5, 5.41) is 0.634. The van der Waals surface area contributed by atoms with Crippen LogP contribution in [0.15, 0.2) is 12.1 Å². The Kier molecular flexibility index (Phi) is 3.74. The first-order chi connectivity index (χ1) is 8.46. The van der Waals surface area contributed by atoms with Crippen LogP contribution in [0, 0.1) is 0 Å². The highest BCUT2D eigenvalue weighted by molar-refractivity contribution is 6.30. The van der Waals surface area contributed by atoms with Crippen molar-refractivity contribution < 1.29 is 9.47 Å². The summed E-state index contributed by atoms with van der Waals surface area (Å²) in [5.41, 5.74) is 7.05. The van der Waals surface area contributed by atoms with Gasteiger partial charge in [-0.3, -0.25) is 0 Å². The van der Waals surface area contributed by atoms with Crippen LogP contribution in [-0.4, -0.2) is 13.2 Å². The third-order valence-electron chi connectivity index (χ3n) is 3.38. The lowest BCUT2D eigenvalue weighted by Crippen LogP contribution is -2.43. The maximum atomic E-state index is 6.40. The normalized spacial score (nSPS) is 17.4. The Balaban J connectivity index is 2.50. The van der Waals surface area contributed by atoms with Gasteiger partial charge in [-0.1, -0.05) is 11.6 Å². The molecule has 1 aliphatic rings. The third kappa shape index (κ3) is 2.43. The first-order valence-corrected chi connectivity index (χ1v) is 6.67. The number of rotatable bonds is 4. The number of hydrogen-bond acceptors (Lipinski definition) is 3. The van der Waals surface area contributed by atoms with Gasteiger partial charge in [-0.25, -0.2) is 0 Å². The van der Waals surface area contributed by atoms with Gasteiger partial charge < -0.3 is 15.2 Å². The van der Waals surface area contributed by atoms with Gasteiger partial charge in [0.25, 0.3) is 0 Å². The van der Waals surface area contributed by atoms with Crippen LogP contribution in [0.3, 0.4) is 0 Å². The molecule has 0 atom stereocenters. The van der Waals surface area contributed by atoms with Gasteiger partial charge in [0, 0.05) is 22.2 Å². The van der Waals surface area contributed by atoms with E-state index in [1.165, 1.54) is 0 Å². The van der Waals surface area contributed by atoms with Gasteiger partial charge in [0.1, 0.15) is 0 Å². The van der Waals surface area contributed by atoms with Crippen molar-refractivity contribution in [2.45, 2.75) is 44.8 Å². The molecule has 0 aliphatic heterocycles. The molecule has 1 saturated carbocycles. The van der Waals surface area contributed by atoms with Crippen LogP contribution in [0.4, 0.5) is 0 Å². The molecule has 1 fully saturated rings. The predicted molar refractivity (Wildman–Crippen MR) is 73.5 cm³/mol. The SMILES string of the molecule is COc1cc(Cl)cc(C2(N)CCC2)c1OC(C)C. The molecule has 0 bridgehead atoms. The second kappa shape index (κ2) is 4.98. The maximum Gasteiger partial charge on any atom is 0.166 e. The molecule has 1 aromatic rings. The molecule has 0 heterocycles. The number of nitrogens with two attached hydrogens (primary N) is 1. The van der Waals surface area contributed by atoms with Crippen molar-refractivity contribution in [3.63, 3.8) is 0 Å². The summed E-state index contributed by atoms with van der Waals surface area (Å²) in [6.07, 6.45) is 3.14. The van der Waals surface area contributed by atoms with E-state index in [1.807, 2.05) is 19.9 Å². The maximum absolute atomic E-state index is 6.40.